The summed E-state index contributed by atoms with van der Waals surface area (Å²) >= 11 is 1.37. The van der Waals surface area contributed by atoms with E-state index in [1.807, 2.05) is 30.3 Å². The zero-order valence-electron chi connectivity index (χ0n) is 10.6. The average Bonchev–Trinajstić information content (AvgIpc) is 2.82. The predicted octanol–water partition coefficient (Wildman–Crippen LogP) is 3.16. The molecule has 1 amide bonds. The van der Waals surface area contributed by atoms with Crippen molar-refractivity contribution in [1.82, 2.24) is 0 Å². The molecule has 0 bridgehead atoms. The summed E-state index contributed by atoms with van der Waals surface area (Å²) in [7, 11) is 0. The van der Waals surface area contributed by atoms with Crippen molar-refractivity contribution >= 4 is 34.2 Å². The molecule has 1 fully saturated rings. The molecule has 0 aromatic heterocycles. The Hall–Kier alpha value is -2.27. The maximum absolute atomic E-state index is 12.0. The Morgan fingerprint density at radius 1 is 1.05 bits per heavy atom. The third-order valence-corrected chi connectivity index (χ3v) is 3.79. The minimum Gasteiger partial charge on any atom is -0.506 e. The molecule has 20 heavy (non-hydrogen) atoms. The van der Waals surface area contributed by atoms with Gasteiger partial charge in [0, 0.05) is 0 Å². The largest absolute Gasteiger partial charge is 0.506 e. The van der Waals surface area contributed by atoms with E-state index in [-0.39, 0.29) is 11.7 Å². The standard InChI is InChI=1S/C15H12N2O2S/c18-13-9-5-4-8-12(13)17-14(19)10-20-15(17)16-11-6-2-1-3-7-11/h1-9,18H,10H2. The smallest absolute Gasteiger partial charge is 0.243 e. The number of amides is 1. The van der Waals surface area contributed by atoms with Gasteiger partial charge in [-0.15, -0.1) is 0 Å². The monoisotopic (exact) mass is 284 g/mol. The van der Waals surface area contributed by atoms with Crippen LogP contribution in [0.5, 0.6) is 5.75 Å². The maximum atomic E-state index is 12.0. The molecule has 0 aliphatic carbocycles. The van der Waals surface area contributed by atoms with Gasteiger partial charge in [-0.2, -0.15) is 0 Å². The molecule has 2 aromatic rings. The number of phenols is 1. The van der Waals surface area contributed by atoms with Gasteiger partial charge in [-0.3, -0.25) is 9.69 Å². The minimum absolute atomic E-state index is 0.0733. The highest BCUT2D eigenvalue weighted by Crippen LogP contribution is 2.34. The van der Waals surface area contributed by atoms with Crippen molar-refractivity contribution in [3.8, 4) is 5.75 Å². The van der Waals surface area contributed by atoms with Gasteiger partial charge in [0.1, 0.15) is 5.75 Å². The molecule has 0 radical (unpaired) electrons. The van der Waals surface area contributed by atoms with Crippen LogP contribution in [0.1, 0.15) is 0 Å². The first kappa shape index (κ1) is 12.7. The molecule has 3 rings (SSSR count). The lowest BCUT2D eigenvalue weighted by molar-refractivity contribution is -0.115. The number of phenolic OH excluding ortho intramolecular Hbond substituents is 1. The maximum Gasteiger partial charge on any atom is 0.243 e. The number of hydrogen-bond donors (Lipinski definition) is 1. The van der Waals surface area contributed by atoms with E-state index < -0.39 is 0 Å². The van der Waals surface area contributed by atoms with Crippen molar-refractivity contribution in [3.05, 3.63) is 54.6 Å². The number of carbonyl (C=O) groups is 1. The lowest BCUT2D eigenvalue weighted by atomic mass is 10.2. The lowest BCUT2D eigenvalue weighted by Crippen LogP contribution is -2.29. The number of anilines is 1. The number of amidine groups is 1. The zero-order chi connectivity index (χ0) is 13.9. The Morgan fingerprint density at radius 2 is 1.75 bits per heavy atom. The highest BCUT2D eigenvalue weighted by atomic mass is 32.2. The average molecular weight is 284 g/mol. The fourth-order valence-electron chi connectivity index (χ4n) is 1.95. The van der Waals surface area contributed by atoms with Crippen LogP contribution in [0.25, 0.3) is 0 Å². The zero-order valence-corrected chi connectivity index (χ0v) is 11.4. The van der Waals surface area contributed by atoms with E-state index in [0.29, 0.717) is 16.6 Å². The van der Waals surface area contributed by atoms with Crippen molar-refractivity contribution in [1.29, 1.82) is 0 Å². The predicted molar refractivity (Wildman–Crippen MR) is 81.6 cm³/mol. The summed E-state index contributed by atoms with van der Waals surface area (Å²) in [5.74, 6) is 0.329. The number of aliphatic imine (C=N–C) groups is 1. The topological polar surface area (TPSA) is 52.9 Å². The number of nitrogens with zero attached hydrogens (tertiary/aromatic N) is 2. The summed E-state index contributed by atoms with van der Waals surface area (Å²) in [5.41, 5.74) is 1.25. The molecule has 1 saturated heterocycles. The Morgan fingerprint density at radius 3 is 2.50 bits per heavy atom. The summed E-state index contributed by atoms with van der Waals surface area (Å²) in [5, 5.41) is 10.5. The van der Waals surface area contributed by atoms with Crippen molar-refractivity contribution in [2.24, 2.45) is 4.99 Å². The molecule has 100 valence electrons. The van der Waals surface area contributed by atoms with Crippen LogP contribution < -0.4 is 4.90 Å². The summed E-state index contributed by atoms with van der Waals surface area (Å²) in [6, 6.07) is 16.2. The van der Waals surface area contributed by atoms with Gasteiger partial charge in [-0.1, -0.05) is 42.1 Å². The van der Waals surface area contributed by atoms with E-state index in [1.54, 1.807) is 24.3 Å². The molecule has 5 heteroatoms. The number of thioether (sulfide) groups is 1. The highest BCUT2D eigenvalue weighted by Gasteiger charge is 2.31. The first-order chi connectivity index (χ1) is 9.75. The summed E-state index contributed by atoms with van der Waals surface area (Å²) in [6.45, 7) is 0. The van der Waals surface area contributed by atoms with Gasteiger partial charge in [-0.05, 0) is 24.3 Å². The van der Waals surface area contributed by atoms with E-state index in [9.17, 15) is 9.90 Å². The van der Waals surface area contributed by atoms with Crippen molar-refractivity contribution in [2.45, 2.75) is 0 Å². The van der Waals surface area contributed by atoms with Crippen LogP contribution in [0, 0.1) is 0 Å². The first-order valence-electron chi connectivity index (χ1n) is 6.13. The van der Waals surface area contributed by atoms with Gasteiger partial charge in [0.15, 0.2) is 5.17 Å². The van der Waals surface area contributed by atoms with Crippen LogP contribution in [0.3, 0.4) is 0 Å². The molecule has 2 aromatic carbocycles. The molecule has 0 atom stereocenters. The van der Waals surface area contributed by atoms with Gasteiger partial charge in [0.05, 0.1) is 17.1 Å². The van der Waals surface area contributed by atoms with Crippen LogP contribution >= 0.6 is 11.8 Å². The van der Waals surface area contributed by atoms with Crippen LogP contribution in [0.2, 0.25) is 0 Å². The quantitative estimate of drug-likeness (QED) is 0.921. The van der Waals surface area contributed by atoms with Crippen molar-refractivity contribution in [3.63, 3.8) is 0 Å². The van der Waals surface area contributed by atoms with E-state index in [2.05, 4.69) is 4.99 Å². The fourth-order valence-corrected chi connectivity index (χ4v) is 2.83. The minimum atomic E-state index is -0.0776. The number of hydrogen-bond acceptors (Lipinski definition) is 4. The Bertz CT molecular complexity index is 671. The molecule has 0 spiro atoms. The Labute approximate surface area is 120 Å². The second-order valence-electron chi connectivity index (χ2n) is 4.24. The molecule has 1 N–H and O–H groups in total. The van der Waals surface area contributed by atoms with Crippen molar-refractivity contribution < 1.29 is 9.90 Å². The second kappa shape index (κ2) is 5.38. The molecule has 0 saturated carbocycles. The molecule has 0 unspecified atom stereocenters. The highest BCUT2D eigenvalue weighted by molar-refractivity contribution is 8.15. The van der Waals surface area contributed by atoms with Crippen LogP contribution in [-0.2, 0) is 4.79 Å². The third kappa shape index (κ3) is 2.40. The molecular weight excluding hydrogens is 272 g/mol. The van der Waals surface area contributed by atoms with E-state index in [1.165, 1.54) is 16.7 Å². The van der Waals surface area contributed by atoms with Gasteiger partial charge in [0.2, 0.25) is 5.91 Å². The van der Waals surface area contributed by atoms with Gasteiger partial charge >= 0.3 is 0 Å². The number of rotatable bonds is 2. The molecule has 1 heterocycles. The van der Waals surface area contributed by atoms with E-state index in [0.717, 1.165) is 5.69 Å². The third-order valence-electron chi connectivity index (χ3n) is 2.87. The van der Waals surface area contributed by atoms with E-state index in [4.69, 9.17) is 0 Å². The fraction of sp³-hybridized carbons (Fsp3) is 0.0667. The van der Waals surface area contributed by atoms with E-state index >= 15 is 0 Å². The number of aromatic hydroxyl groups is 1. The van der Waals surface area contributed by atoms with Gasteiger partial charge < -0.3 is 5.11 Å². The SMILES string of the molecule is O=C1CSC(=Nc2ccccc2)N1c1ccccc1O. The molecule has 1 aliphatic rings. The molecule has 4 nitrogen and oxygen atoms in total. The lowest BCUT2D eigenvalue weighted by Gasteiger charge is -2.17. The van der Waals surface area contributed by atoms with Crippen LogP contribution in [-0.4, -0.2) is 21.9 Å². The first-order valence-corrected chi connectivity index (χ1v) is 7.12. The summed E-state index contributed by atoms with van der Waals surface area (Å²) in [4.78, 5) is 18.0. The summed E-state index contributed by atoms with van der Waals surface area (Å²) in [6.07, 6.45) is 0. The van der Waals surface area contributed by atoms with Gasteiger partial charge in [0.25, 0.3) is 0 Å². The summed E-state index contributed by atoms with van der Waals surface area (Å²) < 4.78 is 0. The normalized spacial score (nSPS) is 16.9. The molecular formula is C15H12N2O2S. The Kier molecular flexibility index (Phi) is 3.43. The number of para-hydroxylation sites is 3. The molecule has 1 aliphatic heterocycles. The van der Waals surface area contributed by atoms with Crippen molar-refractivity contribution in [2.75, 3.05) is 10.7 Å². The number of benzene rings is 2. The Balaban J connectivity index is 2.02. The second-order valence-corrected chi connectivity index (χ2v) is 5.18. The van der Waals surface area contributed by atoms with Crippen LogP contribution in [0.15, 0.2) is 59.6 Å². The number of carbonyl (C=O) groups excluding carboxylic acids is 1. The van der Waals surface area contributed by atoms with Gasteiger partial charge in [-0.25, -0.2) is 4.99 Å². The van der Waals surface area contributed by atoms with Crippen LogP contribution in [0.4, 0.5) is 11.4 Å².